The van der Waals surface area contributed by atoms with Crippen LogP contribution in [0.1, 0.15) is 18.9 Å². The summed E-state index contributed by atoms with van der Waals surface area (Å²) in [4.78, 5) is 6.64. The Labute approximate surface area is 154 Å². The molecule has 4 nitrogen and oxygen atoms in total. The van der Waals surface area contributed by atoms with Crippen molar-refractivity contribution in [1.82, 2.24) is 15.3 Å². The lowest BCUT2D eigenvalue weighted by atomic mass is 10.1. The summed E-state index contributed by atoms with van der Waals surface area (Å²) in [6.45, 7) is 8.99. The molecule has 2 heterocycles. The van der Waals surface area contributed by atoms with Crippen molar-refractivity contribution in [2.45, 2.75) is 19.9 Å². The van der Waals surface area contributed by atoms with Crippen LogP contribution in [0.25, 0.3) is 0 Å². The van der Waals surface area contributed by atoms with Crippen LogP contribution in [-0.4, -0.2) is 23.0 Å². The van der Waals surface area contributed by atoms with E-state index in [-0.39, 0.29) is 0 Å². The quantitative estimate of drug-likeness (QED) is 0.780. The molecule has 1 aliphatic rings. The second-order valence-corrected chi connectivity index (χ2v) is 6.66. The topological polar surface area (TPSA) is 31.4 Å². The maximum atomic E-state index is 5.97. The van der Waals surface area contributed by atoms with Gasteiger partial charge in [0.15, 0.2) is 0 Å². The Bertz CT molecular complexity index is 740. The van der Waals surface area contributed by atoms with E-state index in [1.165, 1.54) is 16.8 Å². The van der Waals surface area contributed by atoms with Crippen molar-refractivity contribution in [2.24, 2.45) is 0 Å². The molecule has 25 heavy (non-hydrogen) atoms. The van der Waals surface area contributed by atoms with Crippen LogP contribution in [-0.2, 0) is 6.54 Å². The van der Waals surface area contributed by atoms with E-state index in [1.54, 1.807) is 6.20 Å². The minimum Gasteiger partial charge on any atom is -0.298 e. The third kappa shape index (κ3) is 4.62. The third-order valence-electron chi connectivity index (χ3n) is 4.33. The van der Waals surface area contributed by atoms with Gasteiger partial charge in [0.1, 0.15) is 0 Å². The van der Waals surface area contributed by atoms with Gasteiger partial charge in [-0.2, -0.15) is 0 Å². The Balaban J connectivity index is 1.65. The summed E-state index contributed by atoms with van der Waals surface area (Å²) in [5.74, 6) is 0. The number of halogens is 1. The van der Waals surface area contributed by atoms with Crippen molar-refractivity contribution in [1.29, 1.82) is 0 Å². The fourth-order valence-corrected chi connectivity index (χ4v) is 3.12. The molecule has 0 radical (unpaired) electrons. The molecule has 3 rings (SSSR count). The lowest BCUT2D eigenvalue weighted by Crippen LogP contribution is -2.39. The molecule has 1 aromatic heterocycles. The van der Waals surface area contributed by atoms with Crippen LogP contribution >= 0.6 is 11.6 Å². The van der Waals surface area contributed by atoms with Crippen molar-refractivity contribution in [3.8, 4) is 0 Å². The van der Waals surface area contributed by atoms with Crippen LogP contribution in [0.5, 0.6) is 0 Å². The van der Waals surface area contributed by atoms with Gasteiger partial charge >= 0.3 is 0 Å². The smallest absolute Gasteiger partial charge is 0.0624 e. The van der Waals surface area contributed by atoms with Gasteiger partial charge in [-0.1, -0.05) is 24.2 Å². The van der Waals surface area contributed by atoms with E-state index in [1.807, 2.05) is 47.7 Å². The molecule has 0 saturated carbocycles. The number of anilines is 1. The zero-order chi connectivity index (χ0) is 17.6. The zero-order valence-electron chi connectivity index (χ0n) is 14.5. The average Bonchev–Trinajstić information content (AvgIpc) is 2.63. The minimum absolute atomic E-state index is 0.729. The summed E-state index contributed by atoms with van der Waals surface area (Å²) in [6.07, 6.45) is 6.51. The molecule has 130 valence electrons. The van der Waals surface area contributed by atoms with Gasteiger partial charge in [-0.25, -0.2) is 0 Å². The normalized spacial score (nSPS) is 15.1. The summed E-state index contributed by atoms with van der Waals surface area (Å²) in [5.41, 5.74) is 8.34. The van der Waals surface area contributed by atoms with E-state index in [9.17, 15) is 0 Å². The first-order chi connectivity index (χ1) is 12.2. The molecule has 0 bridgehead atoms. The number of nitrogens with one attached hydrogen (secondary N) is 1. The highest BCUT2D eigenvalue weighted by atomic mass is 35.5. The molecular weight excluding hydrogens is 332 g/mol. The van der Waals surface area contributed by atoms with Crippen LogP contribution in [0.3, 0.4) is 0 Å². The summed E-state index contributed by atoms with van der Waals surface area (Å²) < 4.78 is 0. The molecule has 1 aromatic carbocycles. The first-order valence-corrected chi connectivity index (χ1v) is 8.77. The molecular formula is C20H23ClN4. The van der Waals surface area contributed by atoms with E-state index in [4.69, 9.17) is 11.6 Å². The molecule has 0 aliphatic carbocycles. The average molecular weight is 355 g/mol. The predicted molar refractivity (Wildman–Crippen MR) is 104 cm³/mol. The maximum absolute atomic E-state index is 5.97. The third-order valence-corrected chi connectivity index (χ3v) is 4.58. The fraction of sp³-hybridized carbons (Fsp3) is 0.250. The number of nitrogens with zero attached hydrogens (tertiary/aromatic N) is 3. The Hall–Kier alpha value is -2.30. The van der Waals surface area contributed by atoms with E-state index in [0.29, 0.717) is 0 Å². The molecule has 5 heteroatoms. The summed E-state index contributed by atoms with van der Waals surface area (Å²) >= 11 is 5.97. The highest BCUT2D eigenvalue weighted by Gasteiger charge is 2.18. The highest BCUT2D eigenvalue weighted by molar-refractivity contribution is 6.30. The van der Waals surface area contributed by atoms with Crippen LogP contribution in [0.4, 0.5) is 5.69 Å². The molecule has 0 amide bonds. The molecule has 0 saturated heterocycles. The number of hydrazine groups is 1. The monoisotopic (exact) mass is 354 g/mol. The lowest BCUT2D eigenvalue weighted by molar-refractivity contribution is 0.272. The summed E-state index contributed by atoms with van der Waals surface area (Å²) in [5, 5.41) is 2.67. The highest BCUT2D eigenvalue weighted by Crippen LogP contribution is 2.21. The van der Waals surface area contributed by atoms with E-state index < -0.39 is 0 Å². The van der Waals surface area contributed by atoms with Crippen LogP contribution in [0, 0.1) is 0 Å². The SMILES string of the molecule is C=CN(NC1=C(C)CN(Cc2cccnc2)CC1)c1ccc(Cl)cc1. The van der Waals surface area contributed by atoms with Crippen LogP contribution in [0.15, 0.2) is 72.8 Å². The minimum atomic E-state index is 0.729. The van der Waals surface area contributed by atoms with Crippen molar-refractivity contribution in [3.63, 3.8) is 0 Å². The van der Waals surface area contributed by atoms with Gasteiger partial charge in [-0.3, -0.25) is 20.3 Å². The van der Waals surface area contributed by atoms with Crippen molar-refractivity contribution >= 4 is 17.3 Å². The van der Waals surface area contributed by atoms with E-state index >= 15 is 0 Å². The van der Waals surface area contributed by atoms with Gasteiger partial charge < -0.3 is 0 Å². The number of rotatable bonds is 6. The number of hydrogen-bond donors (Lipinski definition) is 1. The predicted octanol–water partition coefficient (Wildman–Crippen LogP) is 4.37. The molecule has 0 atom stereocenters. The second kappa shape index (κ2) is 8.19. The van der Waals surface area contributed by atoms with Crippen molar-refractivity contribution in [3.05, 3.63) is 83.4 Å². The van der Waals surface area contributed by atoms with Crippen LogP contribution in [0.2, 0.25) is 5.02 Å². The Morgan fingerprint density at radius 2 is 2.12 bits per heavy atom. The zero-order valence-corrected chi connectivity index (χ0v) is 15.2. The van der Waals surface area contributed by atoms with E-state index in [2.05, 4.69) is 34.9 Å². The van der Waals surface area contributed by atoms with Gasteiger partial charge in [-0.15, -0.1) is 0 Å². The molecule has 1 aliphatic heterocycles. The Morgan fingerprint density at radius 1 is 1.32 bits per heavy atom. The maximum Gasteiger partial charge on any atom is 0.0624 e. The molecule has 1 N–H and O–H groups in total. The largest absolute Gasteiger partial charge is 0.298 e. The second-order valence-electron chi connectivity index (χ2n) is 6.22. The first-order valence-electron chi connectivity index (χ1n) is 8.39. The fourth-order valence-electron chi connectivity index (χ4n) is 2.99. The number of aromatic nitrogens is 1. The van der Waals surface area contributed by atoms with Crippen molar-refractivity contribution in [2.75, 3.05) is 18.1 Å². The number of hydrogen-bond acceptors (Lipinski definition) is 4. The van der Waals surface area contributed by atoms with Gasteiger partial charge in [0.05, 0.1) is 5.69 Å². The Morgan fingerprint density at radius 3 is 2.76 bits per heavy atom. The molecule has 0 unspecified atom stereocenters. The molecule has 2 aromatic rings. The molecule has 0 fully saturated rings. The van der Waals surface area contributed by atoms with Crippen molar-refractivity contribution < 1.29 is 0 Å². The van der Waals surface area contributed by atoms with Crippen LogP contribution < -0.4 is 10.4 Å². The van der Waals surface area contributed by atoms with Gasteiger partial charge in [0.25, 0.3) is 0 Å². The summed E-state index contributed by atoms with van der Waals surface area (Å²) in [7, 11) is 0. The Kier molecular flexibility index (Phi) is 5.74. The standard InChI is InChI=1S/C20H23ClN4/c1-3-25(19-8-6-18(21)7-9-19)23-20-10-12-24(14-16(20)2)15-17-5-4-11-22-13-17/h3-9,11,13,23H,1,10,12,14-15H2,2H3. The number of benzene rings is 1. The van der Waals surface area contributed by atoms with Gasteiger partial charge in [-0.05, 0) is 48.4 Å². The molecule has 0 spiro atoms. The van der Waals surface area contributed by atoms with Gasteiger partial charge in [0, 0.05) is 55.4 Å². The van der Waals surface area contributed by atoms with Gasteiger partial charge in [0.2, 0.25) is 0 Å². The first kappa shape index (κ1) is 17.5. The summed E-state index contributed by atoms with van der Waals surface area (Å²) in [6, 6.07) is 11.8. The number of pyridine rings is 1. The van der Waals surface area contributed by atoms with E-state index in [0.717, 1.165) is 36.8 Å². The lowest BCUT2D eigenvalue weighted by Gasteiger charge is -2.33.